The van der Waals surface area contributed by atoms with Crippen LogP contribution >= 0.6 is 0 Å². The van der Waals surface area contributed by atoms with Gasteiger partial charge in [0.25, 0.3) is 5.91 Å². The smallest absolute Gasteiger partial charge is 0.333 e. The van der Waals surface area contributed by atoms with Gasteiger partial charge in [0.15, 0.2) is 0 Å². The number of hydrogen-bond donors (Lipinski definition) is 7. The van der Waals surface area contributed by atoms with Crippen LogP contribution in [-0.4, -0.2) is 78.5 Å². The number of imide groups is 5. The molecule has 16 heteroatoms. The van der Waals surface area contributed by atoms with Crippen molar-refractivity contribution in [2.75, 3.05) is 20.1 Å². The van der Waals surface area contributed by atoms with Gasteiger partial charge in [0.1, 0.15) is 5.54 Å². The molecule has 0 bridgehead atoms. The van der Waals surface area contributed by atoms with Gasteiger partial charge in [0, 0.05) is 20.5 Å². The zero-order valence-corrected chi connectivity index (χ0v) is 19.5. The number of amides is 13. The van der Waals surface area contributed by atoms with Crippen LogP contribution in [0.2, 0.25) is 0 Å². The number of urea groups is 5. The van der Waals surface area contributed by atoms with E-state index >= 15 is 0 Å². The predicted molar refractivity (Wildman–Crippen MR) is 116 cm³/mol. The molecule has 0 aromatic heterocycles. The van der Waals surface area contributed by atoms with E-state index in [1.165, 1.54) is 20.9 Å². The summed E-state index contributed by atoms with van der Waals surface area (Å²) in [5.41, 5.74) is -1.62. The molecule has 0 saturated heterocycles. The fourth-order valence-electron chi connectivity index (χ4n) is 2.10. The molecule has 0 spiro atoms. The molecule has 0 heterocycles. The van der Waals surface area contributed by atoms with Crippen molar-refractivity contribution in [2.24, 2.45) is 0 Å². The molecule has 0 aliphatic carbocycles. The van der Waals surface area contributed by atoms with Crippen LogP contribution in [0.3, 0.4) is 0 Å². The number of carbonyl (C=O) groups excluding carboxylic acids is 8. The molecular weight excluding hydrogens is 456 g/mol. The van der Waals surface area contributed by atoms with Crippen molar-refractivity contribution in [1.29, 1.82) is 0 Å². The SMILES string of the molecule is CCCCN(C(=O)NC(C)=O)C(=O)NC(=O)NCC(=O)NC(C)(C)C(=O)NC(=O)NC(=O)NC. The molecule has 0 saturated carbocycles. The van der Waals surface area contributed by atoms with Crippen molar-refractivity contribution in [3.63, 3.8) is 0 Å². The number of rotatable bonds is 7. The van der Waals surface area contributed by atoms with Gasteiger partial charge in [-0.25, -0.2) is 28.9 Å². The average molecular weight is 486 g/mol. The molecule has 0 aromatic rings. The molecule has 0 atom stereocenters. The topological polar surface area (TPSA) is 224 Å². The van der Waals surface area contributed by atoms with Crippen LogP contribution in [0, 0.1) is 0 Å². The lowest BCUT2D eigenvalue weighted by Gasteiger charge is -2.24. The van der Waals surface area contributed by atoms with Gasteiger partial charge in [-0.1, -0.05) is 13.3 Å². The Balaban J connectivity index is 4.78. The van der Waals surface area contributed by atoms with Gasteiger partial charge < -0.3 is 16.0 Å². The molecule has 13 amide bonds. The first kappa shape index (κ1) is 29.8. The summed E-state index contributed by atoms with van der Waals surface area (Å²) in [5, 5.41) is 13.9. The summed E-state index contributed by atoms with van der Waals surface area (Å²) in [6.45, 7) is 4.67. The normalized spacial score (nSPS) is 10.1. The second-order valence-corrected chi connectivity index (χ2v) is 7.26. The minimum absolute atomic E-state index is 0.0635. The second kappa shape index (κ2) is 14.0. The number of carbonyl (C=O) groups is 8. The van der Waals surface area contributed by atoms with Crippen LogP contribution in [0.25, 0.3) is 0 Å². The largest absolute Gasteiger partial charge is 0.341 e. The third kappa shape index (κ3) is 11.4. The number of hydrogen-bond acceptors (Lipinski definition) is 8. The minimum atomic E-state index is -1.62. The van der Waals surface area contributed by atoms with Crippen LogP contribution < -0.4 is 37.2 Å². The lowest BCUT2D eigenvalue weighted by molar-refractivity contribution is -0.131. The molecule has 34 heavy (non-hydrogen) atoms. The predicted octanol–water partition coefficient (Wildman–Crippen LogP) is -1.18. The van der Waals surface area contributed by atoms with Crippen LogP contribution in [0.5, 0.6) is 0 Å². The molecule has 0 rings (SSSR count). The van der Waals surface area contributed by atoms with E-state index in [0.29, 0.717) is 17.7 Å². The molecule has 0 fully saturated rings. The molecule has 16 nitrogen and oxygen atoms in total. The van der Waals surface area contributed by atoms with Crippen molar-refractivity contribution in [2.45, 2.75) is 46.1 Å². The fraction of sp³-hybridized carbons (Fsp3) is 0.556. The Morgan fingerprint density at radius 3 is 1.91 bits per heavy atom. The average Bonchev–Trinajstić information content (AvgIpc) is 2.71. The van der Waals surface area contributed by atoms with Crippen LogP contribution in [0.4, 0.5) is 24.0 Å². The van der Waals surface area contributed by atoms with Gasteiger partial charge in [-0.15, -0.1) is 0 Å². The van der Waals surface area contributed by atoms with Crippen LogP contribution in [0.1, 0.15) is 40.5 Å². The molecule has 190 valence electrons. The van der Waals surface area contributed by atoms with E-state index in [-0.39, 0.29) is 6.54 Å². The molecule has 0 radical (unpaired) electrons. The summed E-state index contributed by atoms with van der Waals surface area (Å²) in [6.07, 6.45) is 1.04. The van der Waals surface area contributed by atoms with E-state index in [2.05, 4.69) is 16.0 Å². The lowest BCUT2D eigenvalue weighted by atomic mass is 10.0. The summed E-state index contributed by atoms with van der Waals surface area (Å²) in [4.78, 5) is 94.6. The van der Waals surface area contributed by atoms with E-state index < -0.39 is 60.0 Å². The number of nitrogens with zero attached hydrogens (tertiary/aromatic N) is 1. The van der Waals surface area contributed by atoms with Gasteiger partial charge in [-0.3, -0.25) is 35.7 Å². The third-order valence-corrected chi connectivity index (χ3v) is 3.84. The molecule has 7 N–H and O–H groups in total. The first-order valence-corrected chi connectivity index (χ1v) is 10.1. The summed E-state index contributed by atoms with van der Waals surface area (Å²) in [5.74, 6) is -2.50. The molecule has 0 unspecified atom stereocenters. The maximum absolute atomic E-state index is 12.2. The Morgan fingerprint density at radius 2 is 1.38 bits per heavy atom. The summed E-state index contributed by atoms with van der Waals surface area (Å²) in [6, 6.07) is -5.23. The van der Waals surface area contributed by atoms with Crippen molar-refractivity contribution in [3.8, 4) is 0 Å². The monoisotopic (exact) mass is 486 g/mol. The minimum Gasteiger partial charge on any atom is -0.341 e. The van der Waals surface area contributed by atoms with E-state index in [9.17, 15) is 38.4 Å². The van der Waals surface area contributed by atoms with Gasteiger partial charge in [-0.2, -0.15) is 0 Å². The Labute approximate surface area is 195 Å². The maximum Gasteiger partial charge on any atom is 0.333 e. The number of nitrogens with one attached hydrogen (secondary N) is 7. The fourth-order valence-corrected chi connectivity index (χ4v) is 2.10. The van der Waals surface area contributed by atoms with E-state index in [4.69, 9.17) is 0 Å². The lowest BCUT2D eigenvalue weighted by Crippen LogP contribution is -2.59. The summed E-state index contributed by atoms with van der Waals surface area (Å²) >= 11 is 0. The third-order valence-electron chi connectivity index (χ3n) is 3.84. The zero-order chi connectivity index (χ0) is 26.5. The number of unbranched alkanes of at least 4 members (excludes halogenated alkanes) is 1. The van der Waals surface area contributed by atoms with Gasteiger partial charge in [0.2, 0.25) is 11.8 Å². The highest BCUT2D eigenvalue weighted by molar-refractivity contribution is 6.06. The Bertz CT molecular complexity index is 842. The van der Waals surface area contributed by atoms with Crippen molar-refractivity contribution in [1.82, 2.24) is 42.1 Å². The van der Waals surface area contributed by atoms with Gasteiger partial charge in [-0.05, 0) is 20.3 Å². The highest BCUT2D eigenvalue weighted by atomic mass is 16.2. The standard InChI is InChI=1S/C18H30N8O8/c1-6-7-8-26(16(33)21-10(2)27)17(34)24-14(31)20-9-11(28)25-18(3,4)12(29)22-15(32)23-13(30)19-5/h6-9H2,1-5H3,(H,25,28)(H,21,27,33)(H2,20,24,31,34)(H3,19,22,23,29,30,32). The van der Waals surface area contributed by atoms with E-state index in [1.54, 1.807) is 12.2 Å². The highest BCUT2D eigenvalue weighted by Gasteiger charge is 2.31. The van der Waals surface area contributed by atoms with Gasteiger partial charge in [0.05, 0.1) is 6.54 Å². The summed E-state index contributed by atoms with van der Waals surface area (Å²) < 4.78 is 0. The van der Waals surface area contributed by atoms with Crippen molar-refractivity contribution in [3.05, 3.63) is 0 Å². The van der Waals surface area contributed by atoms with E-state index in [0.717, 1.165) is 6.92 Å². The molecular formula is C18H30N8O8. The van der Waals surface area contributed by atoms with Gasteiger partial charge >= 0.3 is 30.2 Å². The second-order valence-electron chi connectivity index (χ2n) is 7.26. The van der Waals surface area contributed by atoms with Crippen molar-refractivity contribution < 1.29 is 38.4 Å². The molecule has 0 aliphatic heterocycles. The first-order valence-electron chi connectivity index (χ1n) is 10.1. The zero-order valence-electron chi connectivity index (χ0n) is 19.5. The van der Waals surface area contributed by atoms with Crippen molar-refractivity contribution >= 4 is 47.9 Å². The Hall–Kier alpha value is -4.24. The molecule has 0 aromatic carbocycles. The Kier molecular flexibility index (Phi) is 12.3. The molecule has 0 aliphatic rings. The first-order chi connectivity index (χ1) is 15.7. The quantitative estimate of drug-likeness (QED) is 0.231. The van der Waals surface area contributed by atoms with Crippen LogP contribution in [-0.2, 0) is 14.4 Å². The summed E-state index contributed by atoms with van der Waals surface area (Å²) in [7, 11) is 1.26. The Morgan fingerprint density at radius 1 is 0.794 bits per heavy atom. The van der Waals surface area contributed by atoms with E-state index in [1.807, 2.05) is 16.0 Å². The van der Waals surface area contributed by atoms with Crippen LogP contribution in [0.15, 0.2) is 0 Å². The highest BCUT2D eigenvalue weighted by Crippen LogP contribution is 2.02. The maximum atomic E-state index is 12.2.